The van der Waals surface area contributed by atoms with E-state index >= 15 is 0 Å². The maximum absolute atomic E-state index is 13.4. The summed E-state index contributed by atoms with van der Waals surface area (Å²) < 4.78 is 31.4. The van der Waals surface area contributed by atoms with Gasteiger partial charge in [-0.1, -0.05) is 24.3 Å². The fraction of sp³-hybridized carbons (Fsp3) is 0.278. The van der Waals surface area contributed by atoms with E-state index in [1.165, 1.54) is 11.6 Å². The second-order valence-corrected chi connectivity index (χ2v) is 5.60. The van der Waals surface area contributed by atoms with Crippen LogP contribution >= 0.6 is 0 Å². The van der Waals surface area contributed by atoms with Gasteiger partial charge in [-0.3, -0.25) is 0 Å². The van der Waals surface area contributed by atoms with Crippen molar-refractivity contribution in [1.29, 1.82) is 0 Å². The predicted molar refractivity (Wildman–Crippen MR) is 85.8 cm³/mol. The summed E-state index contributed by atoms with van der Waals surface area (Å²) in [5.41, 5.74) is 2.43. The fourth-order valence-electron chi connectivity index (χ4n) is 2.69. The van der Waals surface area contributed by atoms with Crippen LogP contribution in [0.2, 0.25) is 0 Å². The number of carbonyl (C=O) groups is 1. The number of amides is 2. The molecule has 0 bridgehead atoms. The third kappa shape index (κ3) is 3.82. The summed E-state index contributed by atoms with van der Waals surface area (Å²) in [6.07, 6.45) is 0.834. The first-order valence-corrected chi connectivity index (χ1v) is 7.81. The number of urea groups is 1. The summed E-state index contributed by atoms with van der Waals surface area (Å²) >= 11 is 0. The van der Waals surface area contributed by atoms with Crippen molar-refractivity contribution in [1.82, 2.24) is 10.2 Å². The van der Waals surface area contributed by atoms with Crippen LogP contribution in [-0.4, -0.2) is 30.6 Å². The van der Waals surface area contributed by atoms with Gasteiger partial charge in [-0.2, -0.15) is 0 Å². The Morgan fingerprint density at radius 1 is 1.17 bits per heavy atom. The van der Waals surface area contributed by atoms with Crippen molar-refractivity contribution in [3.63, 3.8) is 0 Å². The molecule has 4 nitrogen and oxygen atoms in total. The van der Waals surface area contributed by atoms with Crippen molar-refractivity contribution in [3.8, 4) is 5.75 Å². The molecule has 24 heavy (non-hydrogen) atoms. The van der Waals surface area contributed by atoms with Crippen LogP contribution in [0.15, 0.2) is 42.5 Å². The summed E-state index contributed by atoms with van der Waals surface area (Å²) in [5.74, 6) is -1.44. The number of hydrogen-bond acceptors (Lipinski definition) is 2. The minimum absolute atomic E-state index is 0.0300. The molecule has 126 valence electrons. The molecule has 0 atom stereocenters. The van der Waals surface area contributed by atoms with E-state index in [1.54, 1.807) is 4.90 Å². The maximum Gasteiger partial charge on any atom is 0.317 e. The van der Waals surface area contributed by atoms with Gasteiger partial charge in [0.15, 0.2) is 11.6 Å². The molecule has 2 aromatic carbocycles. The molecule has 1 N–H and O–H groups in total. The highest BCUT2D eigenvalue weighted by Crippen LogP contribution is 2.19. The minimum Gasteiger partial charge on any atom is -0.489 e. The number of carbonyl (C=O) groups excluding carboxylic acids is 1. The van der Waals surface area contributed by atoms with E-state index < -0.39 is 11.6 Å². The molecule has 0 spiro atoms. The Hall–Kier alpha value is -2.63. The van der Waals surface area contributed by atoms with Gasteiger partial charge in [-0.25, -0.2) is 13.6 Å². The number of halogens is 2. The highest BCUT2D eigenvalue weighted by Gasteiger charge is 2.19. The van der Waals surface area contributed by atoms with E-state index in [-0.39, 0.29) is 24.9 Å². The number of benzene rings is 2. The topological polar surface area (TPSA) is 41.6 Å². The quantitative estimate of drug-likeness (QED) is 0.874. The van der Waals surface area contributed by atoms with Crippen molar-refractivity contribution in [2.45, 2.75) is 13.0 Å². The van der Waals surface area contributed by atoms with Gasteiger partial charge in [-0.15, -0.1) is 0 Å². The van der Waals surface area contributed by atoms with Crippen LogP contribution < -0.4 is 10.1 Å². The molecule has 0 aromatic heterocycles. The van der Waals surface area contributed by atoms with E-state index in [0.717, 1.165) is 24.1 Å². The molecular weight excluding hydrogens is 314 g/mol. The standard InChI is InChI=1S/C18H18F2N2O2/c19-15-5-6-17(16(20)11-15)24-10-8-21-18(23)22-9-7-13-3-1-2-4-14(13)12-22/h1-6,11H,7-10,12H2,(H,21,23). The lowest BCUT2D eigenvalue weighted by Crippen LogP contribution is -2.43. The molecule has 6 heteroatoms. The monoisotopic (exact) mass is 332 g/mol. The highest BCUT2D eigenvalue weighted by atomic mass is 19.1. The predicted octanol–water partition coefficient (Wildman–Crippen LogP) is 3.11. The van der Waals surface area contributed by atoms with Crippen LogP contribution in [0.25, 0.3) is 0 Å². The zero-order valence-corrected chi connectivity index (χ0v) is 13.1. The summed E-state index contributed by atoms with van der Waals surface area (Å²) in [6.45, 7) is 1.60. The Morgan fingerprint density at radius 3 is 2.75 bits per heavy atom. The van der Waals surface area contributed by atoms with E-state index in [2.05, 4.69) is 11.4 Å². The number of ether oxygens (including phenoxy) is 1. The lowest BCUT2D eigenvalue weighted by molar-refractivity contribution is 0.189. The van der Waals surface area contributed by atoms with Crippen LogP contribution in [0.5, 0.6) is 5.75 Å². The van der Waals surface area contributed by atoms with E-state index in [9.17, 15) is 13.6 Å². The van der Waals surface area contributed by atoms with Gasteiger partial charge in [0.2, 0.25) is 0 Å². The molecule has 0 aliphatic carbocycles. The Morgan fingerprint density at radius 2 is 1.96 bits per heavy atom. The molecule has 0 radical (unpaired) electrons. The van der Waals surface area contributed by atoms with E-state index in [0.29, 0.717) is 13.1 Å². The van der Waals surface area contributed by atoms with Crippen LogP contribution in [0.1, 0.15) is 11.1 Å². The molecule has 3 rings (SSSR count). The van der Waals surface area contributed by atoms with Crippen molar-refractivity contribution >= 4 is 6.03 Å². The number of fused-ring (bicyclic) bond motifs is 1. The third-order valence-electron chi connectivity index (χ3n) is 3.95. The molecule has 0 saturated heterocycles. The van der Waals surface area contributed by atoms with Gasteiger partial charge in [0.05, 0.1) is 6.54 Å². The molecule has 2 amide bonds. The first-order chi connectivity index (χ1) is 11.6. The van der Waals surface area contributed by atoms with Gasteiger partial charge in [0, 0.05) is 19.2 Å². The number of nitrogens with zero attached hydrogens (tertiary/aromatic N) is 1. The van der Waals surface area contributed by atoms with Gasteiger partial charge in [0.25, 0.3) is 0 Å². The SMILES string of the molecule is O=C(NCCOc1ccc(F)cc1F)N1CCc2ccccc2C1. The summed E-state index contributed by atoms with van der Waals surface area (Å²) in [7, 11) is 0. The van der Waals surface area contributed by atoms with Gasteiger partial charge >= 0.3 is 6.03 Å². The summed E-state index contributed by atoms with van der Waals surface area (Å²) in [5, 5.41) is 2.75. The number of hydrogen-bond donors (Lipinski definition) is 1. The molecule has 2 aromatic rings. The molecular formula is C18H18F2N2O2. The Bertz CT molecular complexity index is 737. The Kier molecular flexibility index (Phi) is 4.93. The van der Waals surface area contributed by atoms with Crippen molar-refractivity contribution < 1.29 is 18.3 Å². The van der Waals surface area contributed by atoms with Crippen molar-refractivity contribution in [2.75, 3.05) is 19.7 Å². The lowest BCUT2D eigenvalue weighted by atomic mass is 10.0. The van der Waals surface area contributed by atoms with Crippen LogP contribution in [0.3, 0.4) is 0 Å². The third-order valence-corrected chi connectivity index (χ3v) is 3.95. The minimum atomic E-state index is -0.756. The van der Waals surface area contributed by atoms with Gasteiger partial charge in [-0.05, 0) is 29.7 Å². The first-order valence-electron chi connectivity index (χ1n) is 7.81. The molecule has 0 unspecified atom stereocenters. The zero-order chi connectivity index (χ0) is 16.9. The van der Waals surface area contributed by atoms with Crippen molar-refractivity contribution in [3.05, 3.63) is 65.2 Å². The summed E-state index contributed by atoms with van der Waals surface area (Å²) in [6, 6.07) is 11.0. The smallest absolute Gasteiger partial charge is 0.317 e. The van der Waals surface area contributed by atoms with Gasteiger partial charge in [0.1, 0.15) is 12.4 Å². The van der Waals surface area contributed by atoms with E-state index in [4.69, 9.17) is 4.74 Å². The largest absolute Gasteiger partial charge is 0.489 e. The molecule has 1 heterocycles. The number of rotatable bonds is 4. The second-order valence-electron chi connectivity index (χ2n) is 5.60. The van der Waals surface area contributed by atoms with E-state index in [1.807, 2.05) is 18.2 Å². The normalized spacial score (nSPS) is 13.3. The highest BCUT2D eigenvalue weighted by molar-refractivity contribution is 5.74. The second kappa shape index (κ2) is 7.29. The molecule has 1 aliphatic rings. The average molecular weight is 332 g/mol. The average Bonchev–Trinajstić information content (AvgIpc) is 2.59. The molecule has 1 aliphatic heterocycles. The number of nitrogens with one attached hydrogen (secondary N) is 1. The Balaban J connectivity index is 1.45. The van der Waals surface area contributed by atoms with Crippen molar-refractivity contribution in [2.24, 2.45) is 0 Å². The Labute approximate surface area is 139 Å². The van der Waals surface area contributed by atoms with Gasteiger partial charge < -0.3 is 15.0 Å². The van der Waals surface area contributed by atoms with Crippen LogP contribution in [-0.2, 0) is 13.0 Å². The summed E-state index contributed by atoms with van der Waals surface area (Å²) in [4.78, 5) is 13.9. The maximum atomic E-state index is 13.4. The van der Waals surface area contributed by atoms with Crippen LogP contribution in [0.4, 0.5) is 13.6 Å². The van der Waals surface area contributed by atoms with Crippen LogP contribution in [0, 0.1) is 11.6 Å². The molecule has 0 fully saturated rings. The lowest BCUT2D eigenvalue weighted by Gasteiger charge is -2.28. The fourth-order valence-corrected chi connectivity index (χ4v) is 2.69. The zero-order valence-electron chi connectivity index (χ0n) is 13.1. The first kappa shape index (κ1) is 16.2. The molecule has 0 saturated carbocycles.